The monoisotopic (exact) mass is 266 g/mol. The van der Waals surface area contributed by atoms with Crippen LogP contribution in [0.15, 0.2) is 18.5 Å². The number of allylic oxidation sites excluding steroid dienone is 1. The summed E-state index contributed by atoms with van der Waals surface area (Å²) in [6.07, 6.45) is 0.147. The number of nitrogens with zero attached hydrogens (tertiary/aromatic N) is 2. The molecular weight excluding hydrogens is 254 g/mol. The first-order chi connectivity index (χ1) is 8.99. The van der Waals surface area contributed by atoms with Crippen molar-refractivity contribution >= 4 is 22.6 Å². The van der Waals surface area contributed by atoms with Gasteiger partial charge in [-0.05, 0) is 24.6 Å². The van der Waals surface area contributed by atoms with E-state index in [1.807, 2.05) is 0 Å². The van der Waals surface area contributed by atoms with Gasteiger partial charge in [-0.15, -0.1) is 0 Å². The molecule has 0 bridgehead atoms. The third-order valence-electron chi connectivity index (χ3n) is 2.92. The third kappa shape index (κ3) is 2.09. The predicted molar refractivity (Wildman–Crippen MR) is 67.5 cm³/mol. The van der Waals surface area contributed by atoms with Crippen molar-refractivity contribution in [3.05, 3.63) is 35.4 Å². The highest BCUT2D eigenvalue weighted by Crippen LogP contribution is 2.25. The molecule has 6 heteroatoms. The SMILES string of the molecule is Cc1cc(C(=O)O)c2nc(C(=CF)CF)n(C)c2c1. The zero-order valence-electron chi connectivity index (χ0n) is 10.4. The Balaban J connectivity index is 2.83. The van der Waals surface area contributed by atoms with Gasteiger partial charge in [0.05, 0.1) is 23.0 Å². The van der Waals surface area contributed by atoms with Crippen LogP contribution in [-0.4, -0.2) is 27.3 Å². The van der Waals surface area contributed by atoms with Gasteiger partial charge in [0.15, 0.2) is 0 Å². The molecule has 0 saturated carbocycles. The van der Waals surface area contributed by atoms with E-state index in [0.29, 0.717) is 5.52 Å². The smallest absolute Gasteiger partial charge is 0.337 e. The summed E-state index contributed by atoms with van der Waals surface area (Å²) in [5, 5.41) is 9.15. The Labute approximate surface area is 108 Å². The number of hydrogen-bond acceptors (Lipinski definition) is 2. The van der Waals surface area contributed by atoms with Gasteiger partial charge in [0, 0.05) is 7.05 Å². The number of halogens is 2. The lowest BCUT2D eigenvalue weighted by Gasteiger charge is -2.02. The number of fused-ring (bicyclic) bond motifs is 1. The Morgan fingerprint density at radius 2 is 2.21 bits per heavy atom. The molecule has 0 atom stereocenters. The molecule has 2 rings (SSSR count). The summed E-state index contributed by atoms with van der Waals surface area (Å²) < 4.78 is 26.8. The lowest BCUT2D eigenvalue weighted by atomic mass is 10.1. The number of aromatic carboxylic acids is 1. The number of aryl methyl sites for hydroxylation is 2. The lowest BCUT2D eigenvalue weighted by Crippen LogP contribution is -1.99. The fourth-order valence-corrected chi connectivity index (χ4v) is 2.02. The minimum atomic E-state index is -1.12. The molecule has 0 aliphatic carbocycles. The average Bonchev–Trinajstić information content (AvgIpc) is 2.68. The second-order valence-corrected chi connectivity index (χ2v) is 4.25. The second kappa shape index (κ2) is 4.79. The summed E-state index contributed by atoms with van der Waals surface area (Å²) in [6, 6.07) is 3.21. The van der Waals surface area contributed by atoms with Crippen LogP contribution in [-0.2, 0) is 7.05 Å². The van der Waals surface area contributed by atoms with Gasteiger partial charge in [-0.2, -0.15) is 0 Å². The van der Waals surface area contributed by atoms with Crippen LogP contribution in [0.2, 0.25) is 0 Å². The number of carboxylic acid groups (broad SMARTS) is 1. The molecular formula is C13H12F2N2O2. The Kier molecular flexibility index (Phi) is 3.33. The van der Waals surface area contributed by atoms with Gasteiger partial charge >= 0.3 is 5.97 Å². The van der Waals surface area contributed by atoms with Crippen molar-refractivity contribution < 1.29 is 18.7 Å². The van der Waals surface area contributed by atoms with Gasteiger partial charge in [0.1, 0.15) is 18.0 Å². The van der Waals surface area contributed by atoms with Crippen molar-refractivity contribution in [2.45, 2.75) is 6.92 Å². The Morgan fingerprint density at radius 3 is 2.74 bits per heavy atom. The number of carboxylic acids is 1. The van der Waals surface area contributed by atoms with Crippen LogP contribution >= 0.6 is 0 Å². The van der Waals surface area contributed by atoms with E-state index in [1.54, 1.807) is 20.0 Å². The zero-order chi connectivity index (χ0) is 14.2. The molecule has 0 radical (unpaired) electrons. The van der Waals surface area contributed by atoms with E-state index < -0.39 is 12.6 Å². The lowest BCUT2D eigenvalue weighted by molar-refractivity contribution is 0.0698. The average molecular weight is 266 g/mol. The number of imidazole rings is 1. The molecule has 0 aliphatic heterocycles. The second-order valence-electron chi connectivity index (χ2n) is 4.25. The number of aromatic nitrogens is 2. The summed E-state index contributed by atoms with van der Waals surface area (Å²) >= 11 is 0. The van der Waals surface area contributed by atoms with Crippen LogP contribution in [0.4, 0.5) is 8.78 Å². The van der Waals surface area contributed by atoms with Crippen LogP contribution in [0.3, 0.4) is 0 Å². The van der Waals surface area contributed by atoms with E-state index in [9.17, 15) is 13.6 Å². The largest absolute Gasteiger partial charge is 0.478 e. The summed E-state index contributed by atoms with van der Waals surface area (Å²) in [6.45, 7) is 0.745. The summed E-state index contributed by atoms with van der Waals surface area (Å²) in [5.41, 5.74) is 1.30. The highest BCUT2D eigenvalue weighted by molar-refractivity contribution is 6.02. The normalized spacial score (nSPS) is 12.1. The molecule has 19 heavy (non-hydrogen) atoms. The van der Waals surface area contributed by atoms with Crippen molar-refractivity contribution in [1.82, 2.24) is 9.55 Å². The van der Waals surface area contributed by atoms with Gasteiger partial charge in [0.25, 0.3) is 0 Å². The zero-order valence-corrected chi connectivity index (χ0v) is 10.4. The molecule has 100 valence electrons. The van der Waals surface area contributed by atoms with Crippen LogP contribution in [0, 0.1) is 6.92 Å². The van der Waals surface area contributed by atoms with Crippen molar-refractivity contribution in [1.29, 1.82) is 0 Å². The van der Waals surface area contributed by atoms with Crippen LogP contribution < -0.4 is 0 Å². The highest BCUT2D eigenvalue weighted by atomic mass is 19.1. The number of benzene rings is 1. The van der Waals surface area contributed by atoms with Crippen LogP contribution in [0.1, 0.15) is 21.7 Å². The maximum absolute atomic E-state index is 12.7. The standard InChI is InChI=1S/C13H12F2N2O2/c1-7-3-9(13(18)19)11-10(4-7)17(2)12(16-11)8(5-14)6-15/h3-5H,6H2,1-2H3,(H,18,19). The molecule has 4 nitrogen and oxygen atoms in total. The fourth-order valence-electron chi connectivity index (χ4n) is 2.02. The minimum Gasteiger partial charge on any atom is -0.478 e. The summed E-state index contributed by atoms with van der Waals surface area (Å²) in [5.74, 6) is -1.03. The molecule has 0 unspecified atom stereocenters. The Bertz CT molecular complexity index is 689. The number of alkyl halides is 1. The van der Waals surface area contributed by atoms with Crippen molar-refractivity contribution in [2.24, 2.45) is 7.05 Å². The molecule has 1 aromatic carbocycles. The van der Waals surface area contributed by atoms with Gasteiger partial charge < -0.3 is 9.67 Å². The first kappa shape index (κ1) is 13.2. The molecule has 0 saturated heterocycles. The van der Waals surface area contributed by atoms with Crippen LogP contribution in [0.25, 0.3) is 16.6 Å². The molecule has 1 N–H and O–H groups in total. The number of rotatable bonds is 3. The summed E-state index contributed by atoms with van der Waals surface area (Å²) in [7, 11) is 1.59. The van der Waals surface area contributed by atoms with E-state index in [-0.39, 0.29) is 28.8 Å². The first-order valence-corrected chi connectivity index (χ1v) is 5.55. The number of carbonyl (C=O) groups is 1. The van der Waals surface area contributed by atoms with Crippen molar-refractivity contribution in [2.75, 3.05) is 6.67 Å². The molecule has 0 aliphatic rings. The highest BCUT2D eigenvalue weighted by Gasteiger charge is 2.18. The molecule has 0 spiro atoms. The molecule has 0 fully saturated rings. The van der Waals surface area contributed by atoms with Crippen molar-refractivity contribution in [3.63, 3.8) is 0 Å². The Hall–Kier alpha value is -2.24. The van der Waals surface area contributed by atoms with Gasteiger partial charge in [-0.3, -0.25) is 0 Å². The van der Waals surface area contributed by atoms with E-state index in [1.165, 1.54) is 10.6 Å². The Morgan fingerprint density at radius 1 is 1.53 bits per heavy atom. The molecule has 2 aromatic rings. The molecule has 0 amide bonds. The van der Waals surface area contributed by atoms with E-state index in [2.05, 4.69) is 4.98 Å². The quantitative estimate of drug-likeness (QED) is 0.929. The third-order valence-corrected chi connectivity index (χ3v) is 2.92. The minimum absolute atomic E-state index is 0.0221. The van der Waals surface area contributed by atoms with Crippen LogP contribution in [0.5, 0.6) is 0 Å². The van der Waals surface area contributed by atoms with E-state index >= 15 is 0 Å². The fraction of sp³-hybridized carbons (Fsp3) is 0.231. The number of hydrogen-bond donors (Lipinski definition) is 1. The van der Waals surface area contributed by atoms with Gasteiger partial charge in [-0.25, -0.2) is 18.6 Å². The topological polar surface area (TPSA) is 55.1 Å². The first-order valence-electron chi connectivity index (χ1n) is 5.55. The maximum Gasteiger partial charge on any atom is 0.337 e. The van der Waals surface area contributed by atoms with Crippen molar-refractivity contribution in [3.8, 4) is 0 Å². The maximum atomic E-state index is 12.7. The van der Waals surface area contributed by atoms with Gasteiger partial charge in [-0.1, -0.05) is 0 Å². The molecule has 1 aromatic heterocycles. The van der Waals surface area contributed by atoms with Gasteiger partial charge in [0.2, 0.25) is 0 Å². The van der Waals surface area contributed by atoms with E-state index in [4.69, 9.17) is 5.11 Å². The van der Waals surface area contributed by atoms with E-state index in [0.717, 1.165) is 5.56 Å². The predicted octanol–water partition coefficient (Wildman–Crippen LogP) is 2.86. The molecule has 1 heterocycles. The summed E-state index contributed by atoms with van der Waals surface area (Å²) in [4.78, 5) is 15.2.